The number of rotatable bonds is 4. The lowest BCUT2D eigenvalue weighted by molar-refractivity contribution is -0.128. The summed E-state index contributed by atoms with van der Waals surface area (Å²) in [5.41, 5.74) is 7.03. The smallest absolute Gasteiger partial charge is 0.324 e. The van der Waals surface area contributed by atoms with Gasteiger partial charge in [-0.05, 0) is 56.9 Å². The number of nitrogens with two attached hydrogens (primary N) is 1. The highest BCUT2D eigenvalue weighted by atomic mass is 19.1. The van der Waals surface area contributed by atoms with Gasteiger partial charge in [0.1, 0.15) is 11.6 Å². The molecule has 35 heavy (non-hydrogen) atoms. The van der Waals surface area contributed by atoms with Crippen molar-refractivity contribution in [1.29, 1.82) is 0 Å². The molecule has 0 aromatic heterocycles. The number of anilines is 1. The molecule has 10 heteroatoms. The molecule has 1 saturated heterocycles. The van der Waals surface area contributed by atoms with Crippen LogP contribution in [0.4, 0.5) is 19.3 Å². The lowest BCUT2D eigenvalue weighted by atomic mass is 9.92. The van der Waals surface area contributed by atoms with Gasteiger partial charge in [-0.1, -0.05) is 17.7 Å². The number of aryl methyl sites for hydroxylation is 1. The van der Waals surface area contributed by atoms with Gasteiger partial charge in [0.05, 0.1) is 5.69 Å². The first-order valence-corrected chi connectivity index (χ1v) is 11.7. The molecule has 2 aromatic rings. The van der Waals surface area contributed by atoms with Gasteiger partial charge in [-0.3, -0.25) is 14.5 Å². The molecule has 4 rings (SSSR count). The fourth-order valence-electron chi connectivity index (χ4n) is 4.60. The van der Waals surface area contributed by atoms with Crippen LogP contribution in [0.15, 0.2) is 42.5 Å². The quantitative estimate of drug-likeness (QED) is 0.619. The van der Waals surface area contributed by atoms with Crippen LogP contribution in [0, 0.1) is 18.6 Å². The van der Waals surface area contributed by atoms with E-state index >= 15 is 0 Å². The number of halogens is 2. The average Bonchev–Trinajstić information content (AvgIpc) is 3.27. The molecule has 1 aliphatic carbocycles. The van der Waals surface area contributed by atoms with Crippen LogP contribution in [0.5, 0.6) is 0 Å². The minimum Gasteiger partial charge on any atom is -0.350 e. The van der Waals surface area contributed by atoms with Crippen LogP contribution >= 0.6 is 0 Å². The fourth-order valence-corrected chi connectivity index (χ4v) is 4.60. The van der Waals surface area contributed by atoms with Crippen LogP contribution in [-0.4, -0.2) is 59.0 Å². The van der Waals surface area contributed by atoms with Crippen molar-refractivity contribution in [3.8, 4) is 0 Å². The topological polar surface area (TPSA) is 108 Å². The molecular weight excluding hydrogens is 456 g/mol. The van der Waals surface area contributed by atoms with Crippen molar-refractivity contribution in [3.63, 3.8) is 0 Å². The maximum absolute atomic E-state index is 14.1. The molecule has 1 atom stereocenters. The number of benzene rings is 2. The zero-order valence-electron chi connectivity index (χ0n) is 19.5. The minimum absolute atomic E-state index is 0.0693. The van der Waals surface area contributed by atoms with Crippen molar-refractivity contribution >= 4 is 23.5 Å². The molecular formula is C25H29F2N5O3. The number of hydrogen-bond donors (Lipinski definition) is 3. The maximum Gasteiger partial charge on any atom is 0.324 e. The normalized spacial score (nSPS) is 22.1. The van der Waals surface area contributed by atoms with E-state index < -0.39 is 29.7 Å². The summed E-state index contributed by atoms with van der Waals surface area (Å²) in [5, 5.41) is 5.36. The minimum atomic E-state index is -1.22. The van der Waals surface area contributed by atoms with E-state index in [2.05, 4.69) is 10.6 Å². The second-order valence-electron chi connectivity index (χ2n) is 9.11. The Labute approximate surface area is 202 Å². The van der Waals surface area contributed by atoms with E-state index in [4.69, 9.17) is 5.73 Å². The molecule has 0 bridgehead atoms. The number of carbonyl (C=O) groups excluding carboxylic acids is 3. The van der Waals surface area contributed by atoms with E-state index in [1.165, 1.54) is 9.80 Å². The SMILES string of the molecule is Cc1cccc(C(=O)N2CCN(C(=O)Nc3ccc(F)cc3F)C2C(=O)NC2CCC(N)CC2)c1. The maximum atomic E-state index is 14.1. The summed E-state index contributed by atoms with van der Waals surface area (Å²) < 4.78 is 27.4. The molecule has 1 saturated carbocycles. The zero-order valence-corrected chi connectivity index (χ0v) is 19.5. The van der Waals surface area contributed by atoms with E-state index in [0.717, 1.165) is 30.5 Å². The molecule has 0 spiro atoms. The van der Waals surface area contributed by atoms with E-state index in [9.17, 15) is 23.2 Å². The first-order valence-electron chi connectivity index (χ1n) is 11.7. The third-order valence-electron chi connectivity index (χ3n) is 6.48. The zero-order chi connectivity index (χ0) is 25.1. The molecule has 8 nitrogen and oxygen atoms in total. The molecule has 2 fully saturated rings. The van der Waals surface area contributed by atoms with Gasteiger partial charge in [-0.15, -0.1) is 0 Å². The number of nitrogens with zero attached hydrogens (tertiary/aromatic N) is 2. The Hall–Kier alpha value is -3.53. The van der Waals surface area contributed by atoms with E-state index in [-0.39, 0.29) is 36.8 Å². The first kappa shape index (κ1) is 24.6. The first-order chi connectivity index (χ1) is 16.7. The van der Waals surface area contributed by atoms with Gasteiger partial charge in [0.15, 0.2) is 6.17 Å². The molecule has 4 N–H and O–H groups in total. The molecule has 2 aliphatic rings. The molecule has 186 valence electrons. The van der Waals surface area contributed by atoms with Crippen LogP contribution in [-0.2, 0) is 4.79 Å². The van der Waals surface area contributed by atoms with Gasteiger partial charge in [0, 0.05) is 36.8 Å². The lowest BCUT2D eigenvalue weighted by Crippen LogP contribution is -2.56. The van der Waals surface area contributed by atoms with Gasteiger partial charge < -0.3 is 21.3 Å². The largest absolute Gasteiger partial charge is 0.350 e. The van der Waals surface area contributed by atoms with Crippen molar-refractivity contribution in [3.05, 3.63) is 65.2 Å². The van der Waals surface area contributed by atoms with Crippen molar-refractivity contribution in [2.75, 3.05) is 18.4 Å². The number of carbonyl (C=O) groups is 3. The van der Waals surface area contributed by atoms with Crippen LogP contribution in [0.25, 0.3) is 0 Å². The molecule has 1 unspecified atom stereocenters. The third-order valence-corrected chi connectivity index (χ3v) is 6.48. The second-order valence-corrected chi connectivity index (χ2v) is 9.11. The Morgan fingerprint density at radius 3 is 2.37 bits per heavy atom. The van der Waals surface area contributed by atoms with E-state index in [1.807, 2.05) is 13.0 Å². The van der Waals surface area contributed by atoms with Crippen LogP contribution < -0.4 is 16.4 Å². The summed E-state index contributed by atoms with van der Waals surface area (Å²) in [5.74, 6) is -2.59. The summed E-state index contributed by atoms with van der Waals surface area (Å²) in [6, 6.07) is 8.99. The average molecular weight is 486 g/mol. The summed E-state index contributed by atoms with van der Waals surface area (Å²) in [6.07, 6.45) is 1.74. The van der Waals surface area contributed by atoms with E-state index in [1.54, 1.807) is 18.2 Å². The van der Waals surface area contributed by atoms with Gasteiger partial charge in [0.2, 0.25) is 0 Å². The van der Waals surface area contributed by atoms with Gasteiger partial charge >= 0.3 is 6.03 Å². The van der Waals surface area contributed by atoms with Crippen LogP contribution in [0.2, 0.25) is 0 Å². The molecule has 1 heterocycles. The third kappa shape index (κ3) is 5.59. The summed E-state index contributed by atoms with van der Waals surface area (Å²) in [7, 11) is 0. The van der Waals surface area contributed by atoms with Crippen molar-refractivity contribution in [2.24, 2.45) is 5.73 Å². The Morgan fingerprint density at radius 2 is 1.69 bits per heavy atom. The summed E-state index contributed by atoms with van der Waals surface area (Å²) >= 11 is 0. The highest BCUT2D eigenvalue weighted by molar-refractivity contribution is 6.00. The number of hydrogen-bond acceptors (Lipinski definition) is 4. The number of urea groups is 1. The Kier molecular flexibility index (Phi) is 7.30. The predicted octanol–water partition coefficient (Wildman–Crippen LogP) is 2.98. The van der Waals surface area contributed by atoms with Crippen molar-refractivity contribution in [1.82, 2.24) is 15.1 Å². The highest BCUT2D eigenvalue weighted by Crippen LogP contribution is 2.23. The van der Waals surface area contributed by atoms with Crippen LogP contribution in [0.3, 0.4) is 0 Å². The standard InChI is InChI=1S/C25H29F2N5O3/c1-15-3-2-4-16(13-15)24(34)31-11-12-32(25(35)30-21-10-5-17(26)14-20(21)27)23(31)22(33)29-19-8-6-18(28)7-9-19/h2-5,10,13-14,18-19,23H,6-9,11-12,28H2,1H3,(H,29,33)(H,30,35). The number of amides is 4. The summed E-state index contributed by atoms with van der Waals surface area (Å²) in [4.78, 5) is 42.4. The van der Waals surface area contributed by atoms with Gasteiger partial charge in [0.25, 0.3) is 11.8 Å². The highest BCUT2D eigenvalue weighted by Gasteiger charge is 2.43. The Bertz CT molecular complexity index is 1120. The second kappa shape index (κ2) is 10.4. The van der Waals surface area contributed by atoms with Gasteiger partial charge in [-0.2, -0.15) is 0 Å². The summed E-state index contributed by atoms with van der Waals surface area (Å²) in [6.45, 7) is 2.05. The monoisotopic (exact) mass is 485 g/mol. The van der Waals surface area contributed by atoms with E-state index in [0.29, 0.717) is 24.5 Å². The van der Waals surface area contributed by atoms with Gasteiger partial charge in [-0.25, -0.2) is 13.6 Å². The Morgan fingerprint density at radius 1 is 0.971 bits per heavy atom. The molecule has 4 amide bonds. The van der Waals surface area contributed by atoms with Crippen LogP contribution in [0.1, 0.15) is 41.6 Å². The van der Waals surface area contributed by atoms with Crippen molar-refractivity contribution in [2.45, 2.75) is 50.9 Å². The number of nitrogens with one attached hydrogen (secondary N) is 2. The Balaban J connectivity index is 1.57. The lowest BCUT2D eigenvalue weighted by Gasteiger charge is -2.32. The van der Waals surface area contributed by atoms with Crippen molar-refractivity contribution < 1.29 is 23.2 Å². The fraction of sp³-hybridized carbons (Fsp3) is 0.400. The molecule has 0 radical (unpaired) electrons. The molecule has 2 aromatic carbocycles. The predicted molar refractivity (Wildman–Crippen MR) is 126 cm³/mol. The molecule has 1 aliphatic heterocycles.